The van der Waals surface area contributed by atoms with Gasteiger partial charge in [-0.05, 0) is 38.1 Å². The van der Waals surface area contributed by atoms with Gasteiger partial charge in [0.25, 0.3) is 0 Å². The standard InChI is InChI=1S/C16H14N2OS/c1-10-3-4-12-7-13(5-6-14(12)17-10)15(19)8-16-18-11(2)9-20-16/h3-7,9H,8H2,1-2H3. The maximum absolute atomic E-state index is 12.3. The number of Topliss-reactive ketones (excluding diaryl/α,β-unsaturated/α-hetero) is 1. The molecule has 0 fully saturated rings. The van der Waals surface area contributed by atoms with E-state index in [1.807, 2.05) is 49.6 Å². The highest BCUT2D eigenvalue weighted by Crippen LogP contribution is 2.17. The number of ketones is 1. The molecule has 0 unspecified atom stereocenters. The second kappa shape index (κ2) is 5.13. The molecule has 3 nitrogen and oxygen atoms in total. The van der Waals surface area contributed by atoms with Gasteiger partial charge in [0, 0.05) is 27.7 Å². The van der Waals surface area contributed by atoms with E-state index in [-0.39, 0.29) is 5.78 Å². The molecule has 0 radical (unpaired) electrons. The fraction of sp³-hybridized carbons (Fsp3) is 0.188. The van der Waals surface area contributed by atoms with Gasteiger partial charge in [0.05, 0.1) is 11.9 Å². The second-order valence-corrected chi connectivity index (χ2v) is 5.79. The summed E-state index contributed by atoms with van der Waals surface area (Å²) in [6.07, 6.45) is 0.364. The molecule has 20 heavy (non-hydrogen) atoms. The number of hydrogen-bond acceptors (Lipinski definition) is 4. The van der Waals surface area contributed by atoms with Gasteiger partial charge >= 0.3 is 0 Å². The molecule has 0 atom stereocenters. The van der Waals surface area contributed by atoms with Gasteiger partial charge < -0.3 is 0 Å². The van der Waals surface area contributed by atoms with Crippen molar-refractivity contribution in [3.8, 4) is 0 Å². The van der Waals surface area contributed by atoms with Gasteiger partial charge in [-0.3, -0.25) is 9.78 Å². The minimum atomic E-state index is 0.0989. The molecule has 0 aliphatic carbocycles. The predicted octanol–water partition coefficient (Wildman–Crippen LogP) is 3.73. The summed E-state index contributed by atoms with van der Waals surface area (Å²) in [6, 6.07) is 9.62. The van der Waals surface area contributed by atoms with Crippen molar-refractivity contribution < 1.29 is 4.79 Å². The Hall–Kier alpha value is -2.07. The zero-order chi connectivity index (χ0) is 14.1. The fourth-order valence-electron chi connectivity index (χ4n) is 2.12. The lowest BCUT2D eigenvalue weighted by atomic mass is 10.1. The molecule has 2 aromatic heterocycles. The van der Waals surface area contributed by atoms with Gasteiger partial charge in [-0.15, -0.1) is 11.3 Å². The van der Waals surface area contributed by atoms with Crippen molar-refractivity contribution >= 4 is 28.0 Å². The summed E-state index contributed by atoms with van der Waals surface area (Å²) in [5.74, 6) is 0.0989. The fourth-order valence-corrected chi connectivity index (χ4v) is 2.89. The number of thiazole rings is 1. The first kappa shape index (κ1) is 12.9. The van der Waals surface area contributed by atoms with E-state index in [9.17, 15) is 4.79 Å². The number of benzene rings is 1. The van der Waals surface area contributed by atoms with E-state index in [0.717, 1.165) is 32.9 Å². The number of carbonyl (C=O) groups excluding carboxylic acids is 1. The smallest absolute Gasteiger partial charge is 0.169 e. The van der Waals surface area contributed by atoms with Crippen molar-refractivity contribution in [3.05, 3.63) is 57.7 Å². The Morgan fingerprint density at radius 2 is 1.95 bits per heavy atom. The largest absolute Gasteiger partial charge is 0.294 e. The Morgan fingerprint density at radius 3 is 2.70 bits per heavy atom. The van der Waals surface area contributed by atoms with Crippen molar-refractivity contribution in [2.45, 2.75) is 20.3 Å². The number of aromatic nitrogens is 2. The Kier molecular flexibility index (Phi) is 3.32. The number of nitrogens with zero attached hydrogens (tertiary/aromatic N) is 2. The summed E-state index contributed by atoms with van der Waals surface area (Å²) in [5, 5.41) is 3.83. The Labute approximate surface area is 121 Å². The zero-order valence-corrected chi connectivity index (χ0v) is 12.2. The van der Waals surface area contributed by atoms with E-state index in [1.54, 1.807) is 0 Å². The van der Waals surface area contributed by atoms with Crippen molar-refractivity contribution in [2.75, 3.05) is 0 Å². The van der Waals surface area contributed by atoms with Crippen molar-refractivity contribution in [1.82, 2.24) is 9.97 Å². The molecule has 0 aliphatic rings. The number of hydrogen-bond donors (Lipinski definition) is 0. The monoisotopic (exact) mass is 282 g/mol. The average Bonchev–Trinajstić information content (AvgIpc) is 2.83. The van der Waals surface area contributed by atoms with E-state index >= 15 is 0 Å². The second-order valence-electron chi connectivity index (χ2n) is 4.84. The molecule has 0 saturated heterocycles. The maximum atomic E-state index is 12.3. The molecule has 0 saturated carbocycles. The number of aryl methyl sites for hydroxylation is 2. The summed E-state index contributed by atoms with van der Waals surface area (Å²) in [5.41, 5.74) is 3.59. The van der Waals surface area contributed by atoms with Crippen LogP contribution in [0.3, 0.4) is 0 Å². The number of carbonyl (C=O) groups is 1. The predicted molar refractivity (Wildman–Crippen MR) is 81.4 cm³/mol. The average molecular weight is 282 g/mol. The van der Waals surface area contributed by atoms with E-state index in [0.29, 0.717) is 6.42 Å². The third-order valence-electron chi connectivity index (χ3n) is 3.13. The number of pyridine rings is 1. The molecular formula is C16H14N2OS. The first-order valence-corrected chi connectivity index (χ1v) is 7.31. The van der Waals surface area contributed by atoms with E-state index < -0.39 is 0 Å². The first-order chi connectivity index (χ1) is 9.61. The molecule has 3 rings (SSSR count). The molecular weight excluding hydrogens is 268 g/mol. The van der Waals surface area contributed by atoms with Crippen LogP contribution in [0.25, 0.3) is 10.9 Å². The van der Waals surface area contributed by atoms with Gasteiger partial charge in [-0.25, -0.2) is 4.98 Å². The van der Waals surface area contributed by atoms with Crippen LogP contribution in [-0.4, -0.2) is 15.8 Å². The minimum Gasteiger partial charge on any atom is -0.294 e. The third kappa shape index (κ3) is 2.60. The summed E-state index contributed by atoms with van der Waals surface area (Å²) in [7, 11) is 0. The Balaban J connectivity index is 1.89. The lowest BCUT2D eigenvalue weighted by Gasteiger charge is -2.02. The maximum Gasteiger partial charge on any atom is 0.169 e. The van der Waals surface area contributed by atoms with Gasteiger partial charge in [0.15, 0.2) is 5.78 Å². The normalized spacial score (nSPS) is 10.9. The SMILES string of the molecule is Cc1csc(CC(=O)c2ccc3nc(C)ccc3c2)n1. The molecule has 100 valence electrons. The van der Waals surface area contributed by atoms with Crippen molar-refractivity contribution in [1.29, 1.82) is 0 Å². The summed E-state index contributed by atoms with van der Waals surface area (Å²) < 4.78 is 0. The highest BCUT2D eigenvalue weighted by atomic mass is 32.1. The lowest BCUT2D eigenvalue weighted by Crippen LogP contribution is -2.03. The zero-order valence-electron chi connectivity index (χ0n) is 11.4. The highest BCUT2D eigenvalue weighted by molar-refractivity contribution is 7.09. The third-order valence-corrected chi connectivity index (χ3v) is 4.10. The summed E-state index contributed by atoms with van der Waals surface area (Å²) >= 11 is 1.53. The van der Waals surface area contributed by atoms with E-state index in [4.69, 9.17) is 0 Å². The number of rotatable bonds is 3. The molecule has 3 aromatic rings. The molecule has 0 spiro atoms. The van der Waals surface area contributed by atoms with Crippen LogP contribution in [0.5, 0.6) is 0 Å². The number of fused-ring (bicyclic) bond motifs is 1. The first-order valence-electron chi connectivity index (χ1n) is 6.43. The molecule has 0 bridgehead atoms. The van der Waals surface area contributed by atoms with Gasteiger partial charge in [-0.2, -0.15) is 0 Å². The van der Waals surface area contributed by atoms with E-state index in [1.165, 1.54) is 11.3 Å². The minimum absolute atomic E-state index is 0.0989. The molecule has 1 aromatic carbocycles. The van der Waals surface area contributed by atoms with Gasteiger partial charge in [0.1, 0.15) is 5.01 Å². The Morgan fingerprint density at radius 1 is 1.10 bits per heavy atom. The molecule has 0 aliphatic heterocycles. The molecule has 4 heteroatoms. The van der Waals surface area contributed by atoms with Crippen LogP contribution in [0, 0.1) is 13.8 Å². The topological polar surface area (TPSA) is 42.9 Å². The Bertz CT molecular complexity index is 792. The van der Waals surface area contributed by atoms with Crippen LogP contribution in [0.15, 0.2) is 35.7 Å². The summed E-state index contributed by atoms with van der Waals surface area (Å²) in [6.45, 7) is 3.90. The van der Waals surface area contributed by atoms with Crippen LogP contribution < -0.4 is 0 Å². The van der Waals surface area contributed by atoms with Crippen LogP contribution >= 0.6 is 11.3 Å². The van der Waals surface area contributed by atoms with E-state index in [2.05, 4.69) is 9.97 Å². The van der Waals surface area contributed by atoms with Crippen LogP contribution in [0.4, 0.5) is 0 Å². The van der Waals surface area contributed by atoms with Gasteiger partial charge in [0.2, 0.25) is 0 Å². The quantitative estimate of drug-likeness (QED) is 0.687. The summed E-state index contributed by atoms with van der Waals surface area (Å²) in [4.78, 5) is 21.1. The molecule has 2 heterocycles. The van der Waals surface area contributed by atoms with Crippen LogP contribution in [-0.2, 0) is 6.42 Å². The molecule has 0 amide bonds. The van der Waals surface area contributed by atoms with Gasteiger partial charge in [-0.1, -0.05) is 6.07 Å². The molecule has 0 N–H and O–H groups in total. The lowest BCUT2D eigenvalue weighted by molar-refractivity contribution is 0.0993. The van der Waals surface area contributed by atoms with Crippen molar-refractivity contribution in [2.24, 2.45) is 0 Å². The van der Waals surface area contributed by atoms with Crippen LogP contribution in [0.2, 0.25) is 0 Å². The van der Waals surface area contributed by atoms with Crippen LogP contribution in [0.1, 0.15) is 26.8 Å². The highest BCUT2D eigenvalue weighted by Gasteiger charge is 2.10. The van der Waals surface area contributed by atoms with Crippen molar-refractivity contribution in [3.63, 3.8) is 0 Å².